The van der Waals surface area contributed by atoms with Crippen molar-refractivity contribution in [3.63, 3.8) is 0 Å². The Morgan fingerprint density at radius 1 is 1.39 bits per heavy atom. The zero-order chi connectivity index (χ0) is 13.0. The molecule has 0 saturated heterocycles. The Bertz CT molecular complexity index is 428. The molecular formula is C13H18N2O3. The van der Waals surface area contributed by atoms with Gasteiger partial charge in [0.1, 0.15) is 5.75 Å². The normalized spacial score (nSPS) is 15.6. The van der Waals surface area contributed by atoms with Gasteiger partial charge in [0.25, 0.3) is 5.69 Å². The molecule has 0 aromatic heterocycles. The Balaban J connectivity index is 2.05. The van der Waals surface area contributed by atoms with Crippen LogP contribution in [-0.4, -0.2) is 18.6 Å². The third kappa shape index (κ3) is 3.12. The highest BCUT2D eigenvalue weighted by Gasteiger charge is 2.15. The molecule has 0 unspecified atom stereocenters. The fourth-order valence-electron chi connectivity index (χ4n) is 2.39. The average Bonchev–Trinajstić information content (AvgIpc) is 2.89. The first-order chi connectivity index (χ1) is 8.69. The second-order valence-corrected chi connectivity index (χ2v) is 4.71. The Labute approximate surface area is 106 Å². The predicted molar refractivity (Wildman–Crippen MR) is 70.1 cm³/mol. The lowest BCUT2D eigenvalue weighted by Gasteiger charge is -2.12. The molecule has 1 saturated carbocycles. The summed E-state index contributed by atoms with van der Waals surface area (Å²) in [4.78, 5) is 10.4. The maximum absolute atomic E-state index is 10.8. The minimum absolute atomic E-state index is 0.0586. The molecule has 1 aliphatic carbocycles. The number of nitro benzene ring substituents is 1. The van der Waals surface area contributed by atoms with Gasteiger partial charge in [-0.1, -0.05) is 12.8 Å². The molecule has 1 N–H and O–H groups in total. The van der Waals surface area contributed by atoms with Gasteiger partial charge in [-0.05, 0) is 18.8 Å². The van der Waals surface area contributed by atoms with E-state index < -0.39 is 4.92 Å². The molecule has 18 heavy (non-hydrogen) atoms. The number of rotatable bonds is 5. The number of hydrogen-bond donors (Lipinski definition) is 1. The summed E-state index contributed by atoms with van der Waals surface area (Å²) in [5, 5.41) is 14.1. The van der Waals surface area contributed by atoms with Crippen molar-refractivity contribution in [2.24, 2.45) is 5.92 Å². The number of nitro groups is 1. The van der Waals surface area contributed by atoms with Gasteiger partial charge in [-0.3, -0.25) is 10.1 Å². The number of anilines is 1. The maximum Gasteiger partial charge on any atom is 0.275 e. The van der Waals surface area contributed by atoms with Gasteiger partial charge in [0.2, 0.25) is 0 Å². The van der Waals surface area contributed by atoms with Crippen LogP contribution in [0.15, 0.2) is 18.2 Å². The van der Waals surface area contributed by atoms with Crippen LogP contribution in [0.5, 0.6) is 5.75 Å². The van der Waals surface area contributed by atoms with Crippen LogP contribution in [0.2, 0.25) is 0 Å². The molecule has 0 bridgehead atoms. The molecule has 5 heteroatoms. The molecule has 0 heterocycles. The topological polar surface area (TPSA) is 64.4 Å². The van der Waals surface area contributed by atoms with Crippen LogP contribution in [0.4, 0.5) is 11.4 Å². The quantitative estimate of drug-likeness (QED) is 0.643. The van der Waals surface area contributed by atoms with Crippen LogP contribution in [0.25, 0.3) is 0 Å². The van der Waals surface area contributed by atoms with Crippen molar-refractivity contribution in [2.75, 3.05) is 19.0 Å². The van der Waals surface area contributed by atoms with Gasteiger partial charge in [-0.2, -0.15) is 0 Å². The lowest BCUT2D eigenvalue weighted by atomic mass is 10.1. The second-order valence-electron chi connectivity index (χ2n) is 4.71. The highest BCUT2D eigenvalue weighted by atomic mass is 16.6. The van der Waals surface area contributed by atoms with Crippen LogP contribution in [0.3, 0.4) is 0 Å². The lowest BCUT2D eigenvalue weighted by molar-refractivity contribution is -0.384. The first-order valence-corrected chi connectivity index (χ1v) is 6.26. The standard InChI is InChI=1S/C13H18N2O3/c1-18-13-7-11(6-12(8-13)15(16)17)14-9-10-4-2-3-5-10/h6-8,10,14H,2-5,9H2,1H3. The monoisotopic (exact) mass is 250 g/mol. The van der Waals surface area contributed by atoms with Crippen LogP contribution < -0.4 is 10.1 Å². The molecule has 1 fully saturated rings. The Morgan fingerprint density at radius 3 is 2.72 bits per heavy atom. The molecule has 1 aromatic rings. The SMILES string of the molecule is COc1cc(NCC2CCCC2)cc([N+](=O)[O-])c1. The van der Waals surface area contributed by atoms with E-state index in [1.807, 2.05) is 0 Å². The van der Waals surface area contributed by atoms with Gasteiger partial charge in [0.05, 0.1) is 18.1 Å². The zero-order valence-corrected chi connectivity index (χ0v) is 10.5. The van der Waals surface area contributed by atoms with E-state index in [1.54, 1.807) is 12.1 Å². The van der Waals surface area contributed by atoms with Crippen molar-refractivity contribution in [3.8, 4) is 5.75 Å². The van der Waals surface area contributed by atoms with Crippen LogP contribution in [0, 0.1) is 16.0 Å². The molecule has 1 aromatic carbocycles. The molecule has 0 aliphatic heterocycles. The van der Waals surface area contributed by atoms with Gasteiger partial charge in [-0.25, -0.2) is 0 Å². The molecular weight excluding hydrogens is 232 g/mol. The van der Waals surface area contributed by atoms with Crippen molar-refractivity contribution < 1.29 is 9.66 Å². The molecule has 0 atom stereocenters. The maximum atomic E-state index is 10.8. The van der Waals surface area contributed by atoms with E-state index >= 15 is 0 Å². The van der Waals surface area contributed by atoms with Gasteiger partial charge in [0, 0.05) is 24.4 Å². The minimum atomic E-state index is -0.400. The van der Waals surface area contributed by atoms with E-state index in [1.165, 1.54) is 38.9 Å². The molecule has 0 spiro atoms. The van der Waals surface area contributed by atoms with E-state index in [0.717, 1.165) is 12.2 Å². The van der Waals surface area contributed by atoms with Crippen molar-refractivity contribution in [1.82, 2.24) is 0 Å². The first-order valence-electron chi connectivity index (χ1n) is 6.26. The molecule has 2 rings (SSSR count). The van der Waals surface area contributed by atoms with E-state index in [0.29, 0.717) is 11.7 Å². The van der Waals surface area contributed by atoms with Crippen LogP contribution in [0.1, 0.15) is 25.7 Å². The molecule has 1 aliphatic rings. The number of methoxy groups -OCH3 is 1. The third-order valence-electron chi connectivity index (χ3n) is 3.41. The first kappa shape index (κ1) is 12.7. The van der Waals surface area contributed by atoms with Crippen LogP contribution in [-0.2, 0) is 0 Å². The van der Waals surface area contributed by atoms with E-state index in [2.05, 4.69) is 5.32 Å². The number of nitrogens with zero attached hydrogens (tertiary/aromatic N) is 1. The number of hydrogen-bond acceptors (Lipinski definition) is 4. The van der Waals surface area contributed by atoms with Gasteiger partial charge >= 0.3 is 0 Å². The summed E-state index contributed by atoms with van der Waals surface area (Å²) in [6.45, 7) is 0.879. The largest absolute Gasteiger partial charge is 0.496 e. The predicted octanol–water partition coefficient (Wildman–Crippen LogP) is 3.21. The Kier molecular flexibility index (Phi) is 4.02. The van der Waals surface area contributed by atoms with Crippen molar-refractivity contribution in [1.29, 1.82) is 0 Å². The van der Waals surface area contributed by atoms with E-state index in [4.69, 9.17) is 4.74 Å². The Hall–Kier alpha value is -1.78. The summed E-state index contributed by atoms with van der Waals surface area (Å²) in [5.41, 5.74) is 0.816. The van der Waals surface area contributed by atoms with Gasteiger partial charge in [-0.15, -0.1) is 0 Å². The molecule has 0 radical (unpaired) electrons. The fourth-order valence-corrected chi connectivity index (χ4v) is 2.39. The second kappa shape index (κ2) is 5.71. The smallest absolute Gasteiger partial charge is 0.275 e. The summed E-state index contributed by atoms with van der Waals surface area (Å²) < 4.78 is 5.07. The summed E-state index contributed by atoms with van der Waals surface area (Å²) >= 11 is 0. The average molecular weight is 250 g/mol. The summed E-state index contributed by atoms with van der Waals surface area (Å²) in [6.07, 6.45) is 5.09. The molecule has 5 nitrogen and oxygen atoms in total. The highest BCUT2D eigenvalue weighted by Crippen LogP contribution is 2.28. The number of benzene rings is 1. The molecule has 98 valence electrons. The van der Waals surface area contributed by atoms with Crippen molar-refractivity contribution in [3.05, 3.63) is 28.3 Å². The Morgan fingerprint density at radius 2 is 2.11 bits per heavy atom. The number of non-ortho nitro benzene ring substituents is 1. The van der Waals surface area contributed by atoms with Crippen molar-refractivity contribution in [2.45, 2.75) is 25.7 Å². The van der Waals surface area contributed by atoms with Crippen molar-refractivity contribution >= 4 is 11.4 Å². The minimum Gasteiger partial charge on any atom is -0.496 e. The summed E-state index contributed by atoms with van der Waals surface area (Å²) in [5.74, 6) is 1.20. The van der Waals surface area contributed by atoms with Gasteiger partial charge in [0.15, 0.2) is 0 Å². The fraction of sp³-hybridized carbons (Fsp3) is 0.538. The third-order valence-corrected chi connectivity index (χ3v) is 3.41. The summed E-state index contributed by atoms with van der Waals surface area (Å²) in [6, 6.07) is 4.78. The molecule has 0 amide bonds. The zero-order valence-electron chi connectivity index (χ0n) is 10.5. The highest BCUT2D eigenvalue weighted by molar-refractivity contribution is 5.56. The van der Waals surface area contributed by atoms with E-state index in [9.17, 15) is 10.1 Å². The van der Waals surface area contributed by atoms with Gasteiger partial charge < -0.3 is 10.1 Å². The lowest BCUT2D eigenvalue weighted by Crippen LogP contribution is -2.11. The summed E-state index contributed by atoms with van der Waals surface area (Å²) in [7, 11) is 1.51. The number of nitrogens with one attached hydrogen (secondary N) is 1. The number of ether oxygens (including phenoxy) is 1. The van der Waals surface area contributed by atoms with Crippen LogP contribution >= 0.6 is 0 Å². The van der Waals surface area contributed by atoms with E-state index in [-0.39, 0.29) is 5.69 Å².